The van der Waals surface area contributed by atoms with Crippen LogP contribution in [0.4, 0.5) is 5.69 Å². The lowest BCUT2D eigenvalue weighted by Crippen LogP contribution is -2.07. The van der Waals surface area contributed by atoms with E-state index in [0.29, 0.717) is 28.4 Å². The van der Waals surface area contributed by atoms with Crippen molar-refractivity contribution in [2.24, 2.45) is 0 Å². The van der Waals surface area contributed by atoms with Crippen LogP contribution in [0.25, 0.3) is 28.6 Å². The first-order chi connectivity index (χ1) is 13.1. The Kier molecular flexibility index (Phi) is 4.64. The summed E-state index contributed by atoms with van der Waals surface area (Å²) in [5.41, 5.74) is 3.99. The van der Waals surface area contributed by atoms with Gasteiger partial charge >= 0.3 is 0 Å². The number of rotatable bonds is 4. The van der Waals surface area contributed by atoms with Gasteiger partial charge in [-0.25, -0.2) is 4.98 Å². The first-order valence-electron chi connectivity index (χ1n) is 8.28. The average molecular weight is 423 g/mol. The molecule has 0 fully saturated rings. The van der Waals surface area contributed by atoms with Crippen LogP contribution in [0.3, 0.4) is 0 Å². The second kappa shape index (κ2) is 7.25. The summed E-state index contributed by atoms with van der Waals surface area (Å²) in [6, 6.07) is 14.8. The van der Waals surface area contributed by atoms with Crippen molar-refractivity contribution in [2.45, 2.75) is 6.92 Å². The molecular weight excluding hydrogens is 408 g/mol. The Bertz CT molecular complexity index is 1140. The van der Waals surface area contributed by atoms with Crippen LogP contribution in [0.5, 0.6) is 0 Å². The highest BCUT2D eigenvalue weighted by atomic mass is 79.9. The van der Waals surface area contributed by atoms with Crippen LogP contribution < -0.4 is 5.32 Å². The van der Waals surface area contributed by atoms with E-state index in [1.807, 2.05) is 25.1 Å². The molecule has 0 bridgehead atoms. The lowest BCUT2D eigenvalue weighted by molar-refractivity contribution is -0.111. The monoisotopic (exact) mass is 422 g/mol. The van der Waals surface area contributed by atoms with E-state index in [-0.39, 0.29) is 5.91 Å². The van der Waals surface area contributed by atoms with E-state index >= 15 is 0 Å². The van der Waals surface area contributed by atoms with Gasteiger partial charge in [-0.2, -0.15) is 0 Å². The van der Waals surface area contributed by atoms with Gasteiger partial charge in [-0.1, -0.05) is 15.9 Å². The van der Waals surface area contributed by atoms with Gasteiger partial charge in [0.1, 0.15) is 11.3 Å². The molecule has 0 saturated carbocycles. The van der Waals surface area contributed by atoms with Crippen LogP contribution in [0.2, 0.25) is 0 Å². The molecule has 5 nitrogen and oxygen atoms in total. The number of hydrogen-bond acceptors (Lipinski definition) is 4. The highest BCUT2D eigenvalue weighted by Gasteiger charge is 2.10. The summed E-state index contributed by atoms with van der Waals surface area (Å²) in [6.45, 7) is 2.01. The predicted molar refractivity (Wildman–Crippen MR) is 108 cm³/mol. The molecule has 0 unspecified atom stereocenters. The van der Waals surface area contributed by atoms with Crippen LogP contribution in [-0.2, 0) is 4.79 Å². The summed E-state index contributed by atoms with van der Waals surface area (Å²) in [6.07, 6.45) is 4.58. The van der Waals surface area contributed by atoms with E-state index in [2.05, 4.69) is 26.2 Å². The van der Waals surface area contributed by atoms with Crippen molar-refractivity contribution >= 4 is 44.7 Å². The standard InChI is InChI=1S/C21H15BrN2O3/c1-13-11-14(4-7-17(13)22)21-24-18-12-15(5-8-19(18)27-21)23-20(25)9-6-16-3-2-10-26-16/h2-12H,1H3,(H,23,25)/b9-6-. The Balaban J connectivity index is 1.55. The second-order valence-corrected chi connectivity index (χ2v) is 6.86. The lowest BCUT2D eigenvalue weighted by Gasteiger charge is -2.00. The largest absolute Gasteiger partial charge is 0.465 e. The number of furan rings is 1. The number of carbonyl (C=O) groups is 1. The van der Waals surface area contributed by atoms with E-state index in [0.717, 1.165) is 15.6 Å². The lowest BCUT2D eigenvalue weighted by atomic mass is 10.1. The Hall–Kier alpha value is -3.12. The average Bonchev–Trinajstić information content (AvgIpc) is 3.31. The molecule has 0 atom stereocenters. The highest BCUT2D eigenvalue weighted by Crippen LogP contribution is 2.28. The fourth-order valence-corrected chi connectivity index (χ4v) is 2.88. The maximum absolute atomic E-state index is 12.1. The van der Waals surface area contributed by atoms with Gasteiger partial charge in [-0.05, 0) is 67.1 Å². The number of anilines is 1. The molecule has 2 aromatic heterocycles. The summed E-state index contributed by atoms with van der Waals surface area (Å²) >= 11 is 3.49. The van der Waals surface area contributed by atoms with Crippen LogP contribution in [0.1, 0.15) is 11.3 Å². The normalized spacial score (nSPS) is 11.3. The first kappa shape index (κ1) is 17.3. The van der Waals surface area contributed by atoms with Crippen molar-refractivity contribution in [1.82, 2.24) is 4.98 Å². The van der Waals surface area contributed by atoms with Gasteiger partial charge in [0.25, 0.3) is 0 Å². The number of amides is 1. The number of aromatic nitrogens is 1. The summed E-state index contributed by atoms with van der Waals surface area (Å²) in [4.78, 5) is 16.6. The zero-order chi connectivity index (χ0) is 18.8. The fourth-order valence-electron chi connectivity index (χ4n) is 2.63. The second-order valence-electron chi connectivity index (χ2n) is 6.00. The van der Waals surface area contributed by atoms with E-state index in [1.165, 1.54) is 6.08 Å². The van der Waals surface area contributed by atoms with E-state index in [4.69, 9.17) is 8.83 Å². The third-order valence-electron chi connectivity index (χ3n) is 4.00. The van der Waals surface area contributed by atoms with Crippen molar-refractivity contribution in [2.75, 3.05) is 5.32 Å². The number of halogens is 1. The third-order valence-corrected chi connectivity index (χ3v) is 4.89. The number of nitrogens with one attached hydrogen (secondary N) is 1. The molecule has 0 radical (unpaired) electrons. The molecule has 0 aliphatic rings. The molecule has 2 aromatic carbocycles. The van der Waals surface area contributed by atoms with Crippen molar-refractivity contribution in [3.05, 3.63) is 76.7 Å². The zero-order valence-electron chi connectivity index (χ0n) is 14.4. The molecule has 4 aromatic rings. The topological polar surface area (TPSA) is 68.3 Å². The minimum atomic E-state index is -0.252. The molecule has 0 aliphatic carbocycles. The van der Waals surface area contributed by atoms with Crippen LogP contribution >= 0.6 is 15.9 Å². The van der Waals surface area contributed by atoms with Gasteiger partial charge < -0.3 is 14.2 Å². The Labute approximate surface area is 163 Å². The molecule has 1 N–H and O–H groups in total. The number of benzene rings is 2. The molecule has 134 valence electrons. The summed E-state index contributed by atoms with van der Waals surface area (Å²) in [5.74, 6) is 0.909. The van der Waals surface area contributed by atoms with Gasteiger partial charge in [-0.15, -0.1) is 0 Å². The Morgan fingerprint density at radius 1 is 1.19 bits per heavy atom. The fraction of sp³-hybridized carbons (Fsp3) is 0.0476. The molecule has 0 aliphatic heterocycles. The predicted octanol–water partition coefficient (Wildman–Crippen LogP) is 5.81. The van der Waals surface area contributed by atoms with E-state index in [1.54, 1.807) is 42.7 Å². The van der Waals surface area contributed by atoms with E-state index < -0.39 is 0 Å². The SMILES string of the molecule is Cc1cc(-c2nc3cc(NC(=O)/C=C\c4ccco4)ccc3o2)ccc1Br. The van der Waals surface area contributed by atoms with E-state index in [9.17, 15) is 4.79 Å². The number of fused-ring (bicyclic) bond motifs is 1. The van der Waals surface area contributed by atoms with Crippen molar-refractivity contribution in [3.8, 4) is 11.5 Å². The summed E-state index contributed by atoms with van der Waals surface area (Å²) in [7, 11) is 0. The number of carbonyl (C=O) groups excluding carboxylic acids is 1. The maximum atomic E-state index is 12.1. The highest BCUT2D eigenvalue weighted by molar-refractivity contribution is 9.10. The quantitative estimate of drug-likeness (QED) is 0.421. The molecule has 2 heterocycles. The number of oxazole rings is 1. The molecule has 6 heteroatoms. The molecule has 1 amide bonds. The zero-order valence-corrected chi connectivity index (χ0v) is 16.0. The number of aryl methyl sites for hydroxylation is 1. The maximum Gasteiger partial charge on any atom is 0.248 e. The van der Waals surface area contributed by atoms with Gasteiger partial charge in [0.05, 0.1) is 6.26 Å². The van der Waals surface area contributed by atoms with Gasteiger partial charge in [0, 0.05) is 21.8 Å². The summed E-state index contributed by atoms with van der Waals surface area (Å²) in [5, 5.41) is 2.81. The first-order valence-corrected chi connectivity index (χ1v) is 9.07. The molecular formula is C21H15BrN2O3. The van der Waals surface area contributed by atoms with Crippen molar-refractivity contribution < 1.29 is 13.6 Å². The molecule has 27 heavy (non-hydrogen) atoms. The molecule has 0 saturated heterocycles. The van der Waals surface area contributed by atoms with Gasteiger partial charge in [-0.3, -0.25) is 4.79 Å². The summed E-state index contributed by atoms with van der Waals surface area (Å²) < 4.78 is 12.0. The molecule has 4 rings (SSSR count). The number of nitrogens with zero attached hydrogens (tertiary/aromatic N) is 1. The van der Waals surface area contributed by atoms with Gasteiger partial charge in [0.2, 0.25) is 11.8 Å². The van der Waals surface area contributed by atoms with Crippen LogP contribution in [0, 0.1) is 6.92 Å². The van der Waals surface area contributed by atoms with Gasteiger partial charge in [0.15, 0.2) is 5.58 Å². The number of hydrogen-bond donors (Lipinski definition) is 1. The molecule has 0 spiro atoms. The van der Waals surface area contributed by atoms with Crippen molar-refractivity contribution in [1.29, 1.82) is 0 Å². The minimum absolute atomic E-state index is 0.252. The smallest absolute Gasteiger partial charge is 0.248 e. The Morgan fingerprint density at radius 2 is 2.07 bits per heavy atom. The van der Waals surface area contributed by atoms with Crippen molar-refractivity contribution in [3.63, 3.8) is 0 Å². The third kappa shape index (κ3) is 3.85. The minimum Gasteiger partial charge on any atom is -0.465 e. The Morgan fingerprint density at radius 3 is 2.85 bits per heavy atom. The van der Waals surface area contributed by atoms with Crippen LogP contribution in [-0.4, -0.2) is 10.9 Å². The van der Waals surface area contributed by atoms with Crippen LogP contribution in [0.15, 0.2) is 74.2 Å².